The number of anilines is 1. The van der Waals surface area contributed by atoms with E-state index in [1.165, 1.54) is 6.33 Å². The number of rotatable bonds is 4. The van der Waals surface area contributed by atoms with Crippen LogP contribution in [-0.4, -0.2) is 56.2 Å². The number of alkyl halides is 3. The van der Waals surface area contributed by atoms with Crippen LogP contribution in [0, 0.1) is 5.92 Å². The smallest absolute Gasteiger partial charge is 0.370 e. The molecule has 2 aromatic heterocycles. The van der Waals surface area contributed by atoms with E-state index in [-0.39, 0.29) is 19.0 Å². The molecule has 0 radical (unpaired) electrons. The Morgan fingerprint density at radius 2 is 2.08 bits per heavy atom. The van der Waals surface area contributed by atoms with E-state index < -0.39 is 12.1 Å². The maximum absolute atomic E-state index is 12.5. The van der Waals surface area contributed by atoms with Gasteiger partial charge in [0.05, 0.1) is 0 Å². The minimum Gasteiger partial charge on any atom is -0.370 e. The molecule has 1 N–H and O–H groups in total. The van der Waals surface area contributed by atoms with E-state index in [1.807, 2.05) is 13.0 Å². The predicted octanol–water partition coefficient (Wildman–Crippen LogP) is 1.90. The van der Waals surface area contributed by atoms with Crippen LogP contribution in [0.15, 0.2) is 12.4 Å². The summed E-state index contributed by atoms with van der Waals surface area (Å²) in [6.45, 7) is 2.84. The van der Waals surface area contributed by atoms with Crippen molar-refractivity contribution in [3.05, 3.63) is 18.1 Å². The molecule has 3 heterocycles. The quantitative estimate of drug-likeness (QED) is 0.906. The van der Waals surface area contributed by atoms with Gasteiger partial charge in [-0.3, -0.25) is 4.79 Å². The second-order valence-corrected chi connectivity index (χ2v) is 6.07. The van der Waals surface area contributed by atoms with Crippen LogP contribution in [0.2, 0.25) is 0 Å². The first-order chi connectivity index (χ1) is 11.9. The summed E-state index contributed by atoms with van der Waals surface area (Å²) in [5.74, 6) is -0.292. The lowest BCUT2D eigenvalue weighted by Crippen LogP contribution is -2.46. The number of carbonyl (C=O) groups excluding carboxylic acids is 1. The molecule has 0 spiro atoms. The van der Waals surface area contributed by atoms with Crippen LogP contribution in [0.1, 0.15) is 25.5 Å². The number of halogens is 3. The third-order valence-corrected chi connectivity index (χ3v) is 4.38. The molecule has 3 rings (SSSR count). The van der Waals surface area contributed by atoms with Crippen molar-refractivity contribution in [2.75, 3.05) is 25.0 Å². The molecule has 1 aliphatic heterocycles. The lowest BCUT2D eigenvalue weighted by Gasteiger charge is -2.32. The lowest BCUT2D eigenvalue weighted by atomic mass is 9.96. The largest absolute Gasteiger partial charge is 0.471 e. The first-order valence-electron chi connectivity index (χ1n) is 8.18. The molecule has 0 aliphatic carbocycles. The van der Waals surface area contributed by atoms with E-state index in [0.29, 0.717) is 25.2 Å². The molecule has 2 aromatic rings. The number of aromatic nitrogens is 4. The highest BCUT2D eigenvalue weighted by molar-refractivity contribution is 5.81. The fourth-order valence-corrected chi connectivity index (χ4v) is 2.94. The van der Waals surface area contributed by atoms with Crippen molar-refractivity contribution < 1.29 is 18.0 Å². The molecule has 10 heteroatoms. The van der Waals surface area contributed by atoms with Crippen LogP contribution in [0.5, 0.6) is 0 Å². The average Bonchev–Trinajstić information content (AvgIpc) is 3.07. The number of piperidine rings is 1. The molecule has 1 saturated heterocycles. The van der Waals surface area contributed by atoms with Crippen molar-refractivity contribution in [1.29, 1.82) is 0 Å². The SMILES string of the molecule is CCc1cc(NCC2CCN(C(=O)C(F)(F)F)CC2)n2ncnc2n1. The second-order valence-electron chi connectivity index (χ2n) is 6.07. The van der Waals surface area contributed by atoms with Crippen LogP contribution in [0.3, 0.4) is 0 Å². The number of aryl methyl sites for hydroxylation is 1. The Morgan fingerprint density at radius 3 is 2.72 bits per heavy atom. The van der Waals surface area contributed by atoms with Gasteiger partial charge in [0.1, 0.15) is 12.1 Å². The molecule has 0 saturated carbocycles. The molecule has 0 aromatic carbocycles. The number of amides is 1. The predicted molar refractivity (Wildman–Crippen MR) is 84.0 cm³/mol. The summed E-state index contributed by atoms with van der Waals surface area (Å²) < 4.78 is 39.0. The summed E-state index contributed by atoms with van der Waals surface area (Å²) in [6.07, 6.45) is -1.55. The number of likely N-dealkylation sites (tertiary alicyclic amines) is 1. The molecule has 1 amide bonds. The van der Waals surface area contributed by atoms with Crippen molar-refractivity contribution in [3.63, 3.8) is 0 Å². The van der Waals surface area contributed by atoms with Gasteiger partial charge in [-0.2, -0.15) is 27.8 Å². The van der Waals surface area contributed by atoms with Crippen molar-refractivity contribution in [2.24, 2.45) is 5.92 Å². The van der Waals surface area contributed by atoms with E-state index in [2.05, 4.69) is 20.4 Å². The Kier molecular flexibility index (Phi) is 4.78. The number of hydrogen-bond acceptors (Lipinski definition) is 5. The second kappa shape index (κ2) is 6.85. The highest BCUT2D eigenvalue weighted by Crippen LogP contribution is 2.24. The zero-order chi connectivity index (χ0) is 18.0. The summed E-state index contributed by atoms with van der Waals surface area (Å²) in [6, 6.07) is 1.89. The Balaban J connectivity index is 1.59. The Labute approximate surface area is 142 Å². The summed E-state index contributed by atoms with van der Waals surface area (Å²) in [5, 5.41) is 7.41. The minimum atomic E-state index is -4.79. The molecule has 7 nitrogen and oxygen atoms in total. The molecule has 25 heavy (non-hydrogen) atoms. The topological polar surface area (TPSA) is 75.4 Å². The van der Waals surface area contributed by atoms with Gasteiger partial charge in [0.15, 0.2) is 0 Å². The average molecular weight is 356 g/mol. The minimum absolute atomic E-state index is 0.125. The van der Waals surface area contributed by atoms with Crippen LogP contribution in [-0.2, 0) is 11.2 Å². The fraction of sp³-hybridized carbons (Fsp3) is 0.600. The van der Waals surface area contributed by atoms with E-state index in [1.54, 1.807) is 4.52 Å². The van der Waals surface area contributed by atoms with Crippen molar-refractivity contribution in [3.8, 4) is 0 Å². The summed E-state index contributed by atoms with van der Waals surface area (Å²) >= 11 is 0. The third-order valence-electron chi connectivity index (χ3n) is 4.38. The molecular weight excluding hydrogens is 337 g/mol. The normalized spacial score (nSPS) is 16.4. The fourth-order valence-electron chi connectivity index (χ4n) is 2.94. The summed E-state index contributed by atoms with van der Waals surface area (Å²) in [5.41, 5.74) is 0.883. The highest BCUT2D eigenvalue weighted by Gasteiger charge is 2.43. The number of nitrogens with one attached hydrogen (secondary N) is 1. The standard InChI is InChI=1S/C15H19F3N6O/c1-2-11-7-12(24-14(22-11)20-9-21-24)19-8-10-3-5-23(6-4-10)13(25)15(16,17)18/h7,9-10,19H,2-6,8H2,1H3. The molecular formula is C15H19F3N6O. The van der Waals surface area contributed by atoms with Gasteiger partial charge in [-0.05, 0) is 25.2 Å². The van der Waals surface area contributed by atoms with E-state index in [4.69, 9.17) is 0 Å². The van der Waals surface area contributed by atoms with Gasteiger partial charge in [0.2, 0.25) is 0 Å². The van der Waals surface area contributed by atoms with Gasteiger partial charge < -0.3 is 10.2 Å². The van der Waals surface area contributed by atoms with Crippen LogP contribution in [0.25, 0.3) is 5.78 Å². The molecule has 1 aliphatic rings. The molecule has 1 fully saturated rings. The van der Waals surface area contributed by atoms with Gasteiger partial charge in [-0.15, -0.1) is 0 Å². The lowest BCUT2D eigenvalue weighted by molar-refractivity contribution is -0.186. The summed E-state index contributed by atoms with van der Waals surface area (Å²) in [4.78, 5) is 20.6. The van der Waals surface area contributed by atoms with Gasteiger partial charge >= 0.3 is 12.1 Å². The molecule has 0 unspecified atom stereocenters. The first kappa shape index (κ1) is 17.4. The Bertz CT molecular complexity index is 751. The molecule has 136 valence electrons. The Morgan fingerprint density at radius 1 is 1.36 bits per heavy atom. The number of nitrogens with zero attached hydrogens (tertiary/aromatic N) is 5. The van der Waals surface area contributed by atoms with Gasteiger partial charge in [0, 0.05) is 31.4 Å². The monoisotopic (exact) mass is 356 g/mol. The van der Waals surface area contributed by atoms with Crippen molar-refractivity contribution in [1.82, 2.24) is 24.5 Å². The summed E-state index contributed by atoms with van der Waals surface area (Å²) in [7, 11) is 0. The van der Waals surface area contributed by atoms with Crippen LogP contribution >= 0.6 is 0 Å². The van der Waals surface area contributed by atoms with Gasteiger partial charge in [-0.25, -0.2) is 4.98 Å². The van der Waals surface area contributed by atoms with E-state index >= 15 is 0 Å². The third kappa shape index (κ3) is 3.83. The van der Waals surface area contributed by atoms with Gasteiger partial charge in [0.25, 0.3) is 5.78 Å². The first-order valence-corrected chi connectivity index (χ1v) is 8.18. The van der Waals surface area contributed by atoms with Crippen LogP contribution in [0.4, 0.5) is 19.0 Å². The molecule has 0 bridgehead atoms. The Hall–Kier alpha value is -2.39. The number of carbonyl (C=O) groups is 1. The van der Waals surface area contributed by atoms with Crippen LogP contribution < -0.4 is 5.32 Å². The maximum Gasteiger partial charge on any atom is 0.471 e. The van der Waals surface area contributed by atoms with E-state index in [9.17, 15) is 18.0 Å². The maximum atomic E-state index is 12.5. The highest BCUT2D eigenvalue weighted by atomic mass is 19.4. The van der Waals surface area contributed by atoms with Gasteiger partial charge in [-0.1, -0.05) is 6.92 Å². The van der Waals surface area contributed by atoms with E-state index in [0.717, 1.165) is 22.8 Å². The van der Waals surface area contributed by atoms with Crippen molar-refractivity contribution in [2.45, 2.75) is 32.4 Å². The molecule has 0 atom stereocenters. The number of hydrogen-bond donors (Lipinski definition) is 1. The zero-order valence-electron chi connectivity index (χ0n) is 13.8. The van der Waals surface area contributed by atoms with Crippen molar-refractivity contribution >= 4 is 17.5 Å². The number of fused-ring (bicyclic) bond motifs is 1. The zero-order valence-corrected chi connectivity index (χ0v) is 13.8.